The van der Waals surface area contributed by atoms with Gasteiger partial charge in [0.25, 0.3) is 0 Å². The van der Waals surface area contributed by atoms with Crippen molar-refractivity contribution in [3.63, 3.8) is 0 Å². The predicted molar refractivity (Wildman–Crippen MR) is 147 cm³/mol. The van der Waals surface area contributed by atoms with E-state index in [2.05, 4.69) is 93.5 Å². The van der Waals surface area contributed by atoms with E-state index in [9.17, 15) is 10.2 Å². The number of aliphatic hydroxyl groups excluding tert-OH is 2. The molecule has 0 aromatic heterocycles. The molecule has 4 heteroatoms. The van der Waals surface area contributed by atoms with Crippen LogP contribution in [0.15, 0.2) is 24.3 Å². The van der Waals surface area contributed by atoms with Crippen LogP contribution in [0.5, 0.6) is 11.5 Å². The smallest absolute Gasteiger partial charge is 0.125 e. The molecule has 0 aliphatic heterocycles. The first-order valence-electron chi connectivity index (χ1n) is 13.0. The van der Waals surface area contributed by atoms with Crippen LogP contribution in [0.2, 0.25) is 0 Å². The second kappa shape index (κ2) is 11.8. The third kappa shape index (κ3) is 8.84. The zero-order valence-electron chi connectivity index (χ0n) is 23.7. The second-order valence-electron chi connectivity index (χ2n) is 12.3. The lowest BCUT2D eigenvalue weighted by Gasteiger charge is -2.26. The van der Waals surface area contributed by atoms with Crippen LogP contribution >= 0.6 is 0 Å². The zero-order chi connectivity index (χ0) is 26.6. The third-order valence-corrected chi connectivity index (χ3v) is 6.69. The van der Waals surface area contributed by atoms with Crippen LogP contribution in [0, 0.1) is 38.5 Å². The summed E-state index contributed by atoms with van der Waals surface area (Å²) in [6, 6.07) is 8.58. The summed E-state index contributed by atoms with van der Waals surface area (Å²) in [4.78, 5) is 0. The quantitative estimate of drug-likeness (QED) is 0.350. The van der Waals surface area contributed by atoms with Gasteiger partial charge in [-0.1, -0.05) is 48.0 Å². The van der Waals surface area contributed by atoms with Gasteiger partial charge in [0.15, 0.2) is 0 Å². The van der Waals surface area contributed by atoms with Gasteiger partial charge in [-0.3, -0.25) is 0 Å². The Morgan fingerprint density at radius 2 is 1.00 bits per heavy atom. The zero-order valence-corrected chi connectivity index (χ0v) is 23.7. The molecule has 2 N–H and O–H groups in total. The van der Waals surface area contributed by atoms with Crippen molar-refractivity contribution in [3.05, 3.63) is 46.5 Å². The molecule has 2 aromatic rings. The van der Waals surface area contributed by atoms with E-state index >= 15 is 0 Å². The molecule has 0 saturated heterocycles. The van der Waals surface area contributed by atoms with Gasteiger partial charge in [0, 0.05) is 0 Å². The first kappa shape index (κ1) is 29.2. The van der Waals surface area contributed by atoms with Gasteiger partial charge in [-0.2, -0.15) is 0 Å². The highest BCUT2D eigenvalue weighted by atomic mass is 16.5. The lowest BCUT2D eigenvalue weighted by Crippen LogP contribution is -2.25. The maximum absolute atomic E-state index is 10.5. The van der Waals surface area contributed by atoms with Gasteiger partial charge in [-0.05, 0) is 109 Å². The number of hydrogen-bond donors (Lipinski definition) is 2. The number of ether oxygens (including phenoxy) is 2. The normalized spacial score (nSPS) is 14.1. The number of benzene rings is 2. The maximum Gasteiger partial charge on any atom is 0.125 e. The van der Waals surface area contributed by atoms with E-state index in [0.29, 0.717) is 19.6 Å². The molecule has 4 nitrogen and oxygen atoms in total. The molecule has 2 rings (SSSR count). The molecule has 0 amide bonds. The molecule has 0 saturated carbocycles. The second-order valence-corrected chi connectivity index (χ2v) is 12.3. The Hall–Kier alpha value is -2.04. The Labute approximate surface area is 213 Å². The molecule has 0 fully saturated rings. The van der Waals surface area contributed by atoms with Gasteiger partial charge in [0.1, 0.15) is 24.7 Å². The average molecular weight is 485 g/mol. The molecular formula is C31H48O4. The van der Waals surface area contributed by atoms with E-state index in [-0.39, 0.29) is 10.8 Å². The fourth-order valence-corrected chi connectivity index (χ4v) is 4.66. The lowest BCUT2D eigenvalue weighted by molar-refractivity contribution is 0.0645. The van der Waals surface area contributed by atoms with Crippen LogP contribution in [0.3, 0.4) is 0 Å². The van der Waals surface area contributed by atoms with Crippen LogP contribution in [-0.2, 0) is 0 Å². The summed E-state index contributed by atoms with van der Waals surface area (Å²) in [6.07, 6.45) is 1.47. The molecule has 35 heavy (non-hydrogen) atoms. The summed E-state index contributed by atoms with van der Waals surface area (Å²) < 4.78 is 12.1. The maximum atomic E-state index is 10.5. The van der Waals surface area contributed by atoms with E-state index in [4.69, 9.17) is 9.47 Å². The summed E-state index contributed by atoms with van der Waals surface area (Å²) in [5.74, 6) is 1.70. The Morgan fingerprint density at radius 3 is 1.31 bits per heavy atom. The molecule has 2 atom stereocenters. The van der Waals surface area contributed by atoms with Gasteiger partial charge in [0.05, 0.1) is 12.2 Å². The molecule has 0 radical (unpaired) electrons. The summed E-state index contributed by atoms with van der Waals surface area (Å²) in [6.45, 7) is 21.7. The van der Waals surface area contributed by atoms with Gasteiger partial charge < -0.3 is 19.7 Å². The molecule has 2 unspecified atom stereocenters. The fourth-order valence-electron chi connectivity index (χ4n) is 4.66. The predicted octanol–water partition coefficient (Wildman–Crippen LogP) is 7.33. The Bertz CT molecular complexity index is 938. The Morgan fingerprint density at radius 1 is 0.657 bits per heavy atom. The van der Waals surface area contributed by atoms with Crippen molar-refractivity contribution in [1.29, 1.82) is 0 Å². The van der Waals surface area contributed by atoms with Crippen molar-refractivity contribution >= 4 is 0 Å². The average Bonchev–Trinajstić information content (AvgIpc) is 2.70. The number of hydrogen-bond acceptors (Lipinski definition) is 4. The van der Waals surface area contributed by atoms with Gasteiger partial charge in [-0.15, -0.1) is 0 Å². The van der Waals surface area contributed by atoms with E-state index in [1.807, 2.05) is 0 Å². The summed E-state index contributed by atoms with van der Waals surface area (Å²) in [5, 5.41) is 20.8. The monoisotopic (exact) mass is 484 g/mol. The highest BCUT2D eigenvalue weighted by Gasteiger charge is 2.21. The standard InChI is InChI=1S/C31H48O4/c1-11-31(9,10)17-27(33)19-35-29-22(4)14-25(15-23(29)5)24-12-20(2)28(21(3)13-24)34-18-26(32)16-30(6,7)8/h12-15,26-27,32-33H,11,16-19H2,1-10H3. The van der Waals surface area contributed by atoms with Gasteiger partial charge in [0.2, 0.25) is 0 Å². The molecule has 0 bridgehead atoms. The molecule has 2 aromatic carbocycles. The van der Waals surface area contributed by atoms with Gasteiger partial charge >= 0.3 is 0 Å². The van der Waals surface area contributed by atoms with Crippen LogP contribution in [-0.4, -0.2) is 35.6 Å². The van der Waals surface area contributed by atoms with Crippen molar-refractivity contribution in [2.24, 2.45) is 10.8 Å². The van der Waals surface area contributed by atoms with Crippen molar-refractivity contribution in [2.45, 2.75) is 101 Å². The topological polar surface area (TPSA) is 58.9 Å². The third-order valence-electron chi connectivity index (χ3n) is 6.69. The van der Waals surface area contributed by atoms with E-state index in [0.717, 1.165) is 57.7 Å². The molecular weight excluding hydrogens is 436 g/mol. The highest BCUT2D eigenvalue weighted by Crippen LogP contribution is 2.35. The van der Waals surface area contributed by atoms with Crippen molar-refractivity contribution in [2.75, 3.05) is 13.2 Å². The van der Waals surface area contributed by atoms with Crippen molar-refractivity contribution < 1.29 is 19.7 Å². The largest absolute Gasteiger partial charge is 0.490 e. The van der Waals surface area contributed by atoms with E-state index in [1.165, 1.54) is 0 Å². The van der Waals surface area contributed by atoms with Crippen LogP contribution < -0.4 is 9.47 Å². The summed E-state index contributed by atoms with van der Waals surface area (Å²) in [7, 11) is 0. The lowest BCUT2D eigenvalue weighted by atomic mass is 9.84. The van der Waals surface area contributed by atoms with Crippen molar-refractivity contribution in [3.8, 4) is 22.6 Å². The first-order valence-corrected chi connectivity index (χ1v) is 13.0. The minimum Gasteiger partial charge on any atom is -0.490 e. The van der Waals surface area contributed by atoms with E-state index in [1.54, 1.807) is 0 Å². The van der Waals surface area contributed by atoms with E-state index < -0.39 is 12.2 Å². The molecule has 0 aliphatic carbocycles. The Balaban J connectivity index is 2.15. The highest BCUT2D eigenvalue weighted by molar-refractivity contribution is 5.70. The SMILES string of the molecule is CCC(C)(C)CC(O)COc1c(C)cc(-c2cc(C)c(OCC(O)CC(C)(C)C)c(C)c2)cc1C. The number of aryl methyl sites for hydroxylation is 4. The molecule has 0 aliphatic rings. The van der Waals surface area contributed by atoms with Crippen molar-refractivity contribution in [1.82, 2.24) is 0 Å². The molecule has 0 heterocycles. The summed E-state index contributed by atoms with van der Waals surface area (Å²) >= 11 is 0. The first-order chi connectivity index (χ1) is 16.1. The number of rotatable bonds is 11. The minimum absolute atomic E-state index is 0.0620. The fraction of sp³-hybridized carbons (Fsp3) is 0.613. The Kier molecular flexibility index (Phi) is 9.84. The van der Waals surface area contributed by atoms with Gasteiger partial charge in [-0.25, -0.2) is 0 Å². The van der Waals surface area contributed by atoms with Crippen LogP contribution in [0.4, 0.5) is 0 Å². The summed E-state index contributed by atoms with van der Waals surface area (Å²) in [5.41, 5.74) is 6.65. The molecule has 0 spiro atoms. The van der Waals surface area contributed by atoms with Crippen LogP contribution in [0.25, 0.3) is 11.1 Å². The number of aliphatic hydroxyl groups is 2. The van der Waals surface area contributed by atoms with Crippen LogP contribution in [0.1, 0.15) is 83.1 Å². The molecule has 196 valence electrons. The minimum atomic E-state index is -0.488.